The number of carbonyl (C=O) groups is 1. The van der Waals surface area contributed by atoms with Crippen LogP contribution < -0.4 is 5.32 Å². The van der Waals surface area contributed by atoms with Crippen molar-refractivity contribution >= 4 is 13.7 Å². The van der Waals surface area contributed by atoms with Crippen molar-refractivity contribution < 1.29 is 32.9 Å². The standard InChI is InChI=1S/C22H47N2O6P/c1-6-8-10-11-12-14-15-21(25)20(23-22(26)16-13-9-7-2)19-30-31(27,28)29-18-17-24(3,4)5/h20-21,25H,6-19H2,1-5H3,(H-,23,26,27,28)/p+1. The van der Waals surface area contributed by atoms with E-state index in [1.807, 2.05) is 21.1 Å². The smallest absolute Gasteiger partial charge is 0.391 e. The molecule has 0 aliphatic rings. The molecule has 0 bridgehead atoms. The summed E-state index contributed by atoms with van der Waals surface area (Å²) in [6.07, 6.45) is 9.34. The van der Waals surface area contributed by atoms with E-state index in [-0.39, 0.29) is 19.1 Å². The van der Waals surface area contributed by atoms with Crippen molar-refractivity contribution in [2.75, 3.05) is 40.9 Å². The van der Waals surface area contributed by atoms with Crippen molar-refractivity contribution in [1.82, 2.24) is 5.32 Å². The Hall–Kier alpha value is -0.500. The van der Waals surface area contributed by atoms with Crippen LogP contribution in [0.4, 0.5) is 0 Å². The lowest BCUT2D eigenvalue weighted by atomic mass is 10.0. The lowest BCUT2D eigenvalue weighted by Crippen LogP contribution is -2.46. The fourth-order valence-electron chi connectivity index (χ4n) is 3.04. The summed E-state index contributed by atoms with van der Waals surface area (Å²) >= 11 is 0. The summed E-state index contributed by atoms with van der Waals surface area (Å²) in [5.41, 5.74) is 0. The Labute approximate surface area is 189 Å². The van der Waals surface area contributed by atoms with E-state index in [2.05, 4.69) is 19.2 Å². The number of likely N-dealkylation sites (N-methyl/N-ethyl adjacent to an activating group) is 1. The van der Waals surface area contributed by atoms with E-state index in [9.17, 15) is 19.4 Å². The molecule has 8 nitrogen and oxygen atoms in total. The average Bonchev–Trinajstić information content (AvgIpc) is 2.66. The molecule has 0 saturated heterocycles. The molecule has 1 amide bonds. The van der Waals surface area contributed by atoms with Crippen LogP contribution in [0.5, 0.6) is 0 Å². The van der Waals surface area contributed by atoms with Gasteiger partial charge in [0, 0.05) is 6.42 Å². The van der Waals surface area contributed by atoms with Gasteiger partial charge >= 0.3 is 7.82 Å². The Morgan fingerprint density at radius 1 is 0.968 bits per heavy atom. The van der Waals surface area contributed by atoms with Crippen molar-refractivity contribution in [1.29, 1.82) is 0 Å². The monoisotopic (exact) mass is 467 g/mol. The van der Waals surface area contributed by atoms with Gasteiger partial charge in [0.25, 0.3) is 0 Å². The number of phosphoric ester groups is 1. The van der Waals surface area contributed by atoms with Gasteiger partial charge in [-0.2, -0.15) is 0 Å². The summed E-state index contributed by atoms with van der Waals surface area (Å²) in [7, 11) is 1.60. The van der Waals surface area contributed by atoms with Crippen LogP contribution in [-0.4, -0.2) is 73.4 Å². The summed E-state index contributed by atoms with van der Waals surface area (Å²) in [4.78, 5) is 22.2. The maximum absolute atomic E-state index is 12.2. The molecule has 0 saturated carbocycles. The van der Waals surface area contributed by atoms with Crippen LogP contribution in [-0.2, 0) is 18.4 Å². The maximum atomic E-state index is 12.2. The van der Waals surface area contributed by atoms with Crippen LogP contribution in [0.15, 0.2) is 0 Å². The van der Waals surface area contributed by atoms with E-state index in [1.54, 1.807) is 0 Å². The summed E-state index contributed by atoms with van der Waals surface area (Å²) in [6, 6.07) is -0.743. The predicted molar refractivity (Wildman–Crippen MR) is 125 cm³/mol. The van der Waals surface area contributed by atoms with Crippen LogP contribution >= 0.6 is 7.82 Å². The highest BCUT2D eigenvalue weighted by Gasteiger charge is 2.28. The number of rotatable bonds is 20. The number of amides is 1. The third kappa shape index (κ3) is 18.7. The molecule has 0 fully saturated rings. The Morgan fingerprint density at radius 3 is 2.16 bits per heavy atom. The van der Waals surface area contributed by atoms with Gasteiger partial charge in [-0.3, -0.25) is 13.8 Å². The van der Waals surface area contributed by atoms with Gasteiger partial charge in [-0.15, -0.1) is 0 Å². The largest absolute Gasteiger partial charge is 0.472 e. The van der Waals surface area contributed by atoms with E-state index < -0.39 is 20.0 Å². The number of nitrogens with one attached hydrogen (secondary N) is 1. The number of quaternary nitrogens is 1. The first-order chi connectivity index (χ1) is 14.5. The molecular weight excluding hydrogens is 419 g/mol. The molecule has 3 N–H and O–H groups in total. The molecule has 0 spiro atoms. The normalized spacial score (nSPS) is 16.0. The lowest BCUT2D eigenvalue weighted by Gasteiger charge is -2.26. The van der Waals surface area contributed by atoms with Crippen LogP contribution in [0.2, 0.25) is 0 Å². The topological polar surface area (TPSA) is 105 Å². The third-order valence-corrected chi connectivity index (χ3v) is 6.09. The molecule has 0 radical (unpaired) electrons. The summed E-state index contributed by atoms with van der Waals surface area (Å²) in [5.74, 6) is -0.178. The van der Waals surface area contributed by atoms with Crippen molar-refractivity contribution in [3.63, 3.8) is 0 Å². The minimum Gasteiger partial charge on any atom is -0.391 e. The van der Waals surface area contributed by atoms with Gasteiger partial charge in [0.05, 0.1) is 39.9 Å². The van der Waals surface area contributed by atoms with Crippen LogP contribution in [0.1, 0.15) is 84.5 Å². The molecule has 0 aromatic carbocycles. The summed E-state index contributed by atoms with van der Waals surface area (Å²) < 4.78 is 22.9. The van der Waals surface area contributed by atoms with Crippen LogP contribution in [0, 0.1) is 0 Å². The molecule has 3 atom stereocenters. The molecule has 31 heavy (non-hydrogen) atoms. The highest BCUT2D eigenvalue weighted by atomic mass is 31.2. The summed E-state index contributed by atoms with van der Waals surface area (Å²) in [5, 5.41) is 13.4. The molecule has 0 heterocycles. The molecule has 0 aromatic heterocycles. The predicted octanol–water partition coefficient (Wildman–Crippen LogP) is 4.00. The number of phosphoric acid groups is 1. The fraction of sp³-hybridized carbons (Fsp3) is 0.955. The SMILES string of the molecule is CCCCCCCCC(O)C(COP(=O)(O)OCC[N+](C)(C)C)NC(=O)CCCCC. The van der Waals surface area contributed by atoms with Gasteiger partial charge in [0.1, 0.15) is 13.2 Å². The van der Waals surface area contributed by atoms with Crippen molar-refractivity contribution in [3.05, 3.63) is 0 Å². The minimum atomic E-state index is -4.26. The van der Waals surface area contributed by atoms with Gasteiger partial charge < -0.3 is 19.8 Å². The molecule has 0 rings (SSSR count). The first-order valence-corrected chi connectivity index (χ1v) is 13.4. The Bertz CT molecular complexity index is 513. The zero-order valence-corrected chi connectivity index (χ0v) is 21.4. The van der Waals surface area contributed by atoms with Crippen LogP contribution in [0.3, 0.4) is 0 Å². The van der Waals surface area contributed by atoms with E-state index in [1.165, 1.54) is 19.3 Å². The molecule has 9 heteroatoms. The third-order valence-electron chi connectivity index (χ3n) is 5.11. The second-order valence-corrected chi connectivity index (χ2v) is 10.8. The average molecular weight is 468 g/mol. The molecule has 186 valence electrons. The molecular formula is C22H48N2O6P+. The zero-order valence-electron chi connectivity index (χ0n) is 20.5. The fourth-order valence-corrected chi connectivity index (χ4v) is 3.78. The summed E-state index contributed by atoms with van der Waals surface area (Å²) in [6.45, 7) is 4.59. The van der Waals surface area contributed by atoms with Crippen LogP contribution in [0.25, 0.3) is 0 Å². The highest BCUT2D eigenvalue weighted by molar-refractivity contribution is 7.47. The van der Waals surface area contributed by atoms with Gasteiger partial charge in [-0.05, 0) is 12.8 Å². The highest BCUT2D eigenvalue weighted by Crippen LogP contribution is 2.43. The van der Waals surface area contributed by atoms with E-state index in [0.717, 1.165) is 38.5 Å². The van der Waals surface area contributed by atoms with E-state index in [4.69, 9.17) is 9.05 Å². The van der Waals surface area contributed by atoms with E-state index in [0.29, 0.717) is 23.9 Å². The molecule has 0 aliphatic carbocycles. The van der Waals surface area contributed by atoms with Gasteiger partial charge in [0.2, 0.25) is 5.91 Å². The first kappa shape index (κ1) is 30.5. The van der Waals surface area contributed by atoms with Crippen molar-refractivity contribution in [3.8, 4) is 0 Å². The number of aliphatic hydroxyl groups excluding tert-OH is 1. The number of aliphatic hydroxyl groups is 1. The van der Waals surface area contributed by atoms with Gasteiger partial charge in [-0.25, -0.2) is 4.57 Å². The number of hydrogen-bond acceptors (Lipinski definition) is 5. The Kier molecular flexibility index (Phi) is 16.8. The van der Waals surface area contributed by atoms with E-state index >= 15 is 0 Å². The molecule has 3 unspecified atom stereocenters. The van der Waals surface area contributed by atoms with Crippen molar-refractivity contribution in [2.24, 2.45) is 0 Å². The molecule has 0 aliphatic heterocycles. The van der Waals surface area contributed by atoms with Gasteiger partial charge in [-0.1, -0.05) is 65.2 Å². The number of carbonyl (C=O) groups excluding carboxylic acids is 1. The zero-order chi connectivity index (χ0) is 23.8. The Morgan fingerprint density at radius 2 is 1.55 bits per heavy atom. The lowest BCUT2D eigenvalue weighted by molar-refractivity contribution is -0.870. The maximum Gasteiger partial charge on any atom is 0.472 e. The number of hydrogen-bond donors (Lipinski definition) is 3. The second-order valence-electron chi connectivity index (χ2n) is 9.37. The first-order valence-electron chi connectivity index (χ1n) is 11.9. The minimum absolute atomic E-state index is 0.0750. The van der Waals surface area contributed by atoms with Crippen molar-refractivity contribution in [2.45, 2.75) is 96.6 Å². The quantitative estimate of drug-likeness (QED) is 0.142. The number of nitrogens with zero attached hydrogens (tertiary/aromatic N) is 1. The second kappa shape index (κ2) is 17.0. The molecule has 0 aromatic rings. The Balaban J connectivity index is 4.66. The van der Waals surface area contributed by atoms with Gasteiger partial charge in [0.15, 0.2) is 0 Å². The number of unbranched alkanes of at least 4 members (excludes halogenated alkanes) is 7.